The van der Waals surface area contributed by atoms with Gasteiger partial charge in [0.25, 0.3) is 0 Å². The summed E-state index contributed by atoms with van der Waals surface area (Å²) < 4.78 is 5.53. The van der Waals surface area contributed by atoms with Crippen molar-refractivity contribution in [1.82, 2.24) is 9.88 Å². The third-order valence-corrected chi connectivity index (χ3v) is 2.36. The zero-order valence-corrected chi connectivity index (χ0v) is 11.0. The number of aromatic nitrogens is 1. The van der Waals surface area contributed by atoms with E-state index in [0.717, 1.165) is 4.47 Å². The minimum atomic E-state index is -1.03. The highest BCUT2D eigenvalue weighted by Crippen LogP contribution is 2.25. The van der Waals surface area contributed by atoms with Crippen LogP contribution in [-0.2, 0) is 4.74 Å². The van der Waals surface area contributed by atoms with Gasteiger partial charge >= 0.3 is 0 Å². The van der Waals surface area contributed by atoms with E-state index in [9.17, 15) is 5.11 Å². The molecule has 1 aromatic heterocycles. The van der Waals surface area contributed by atoms with Crippen LogP contribution in [0.1, 0.15) is 12.0 Å². The predicted octanol–water partition coefficient (Wildman–Crippen LogP) is 1.70. The van der Waals surface area contributed by atoms with Crippen LogP contribution in [0.3, 0.4) is 0 Å². The van der Waals surface area contributed by atoms with E-state index in [-0.39, 0.29) is 0 Å². The van der Waals surface area contributed by atoms with Gasteiger partial charge in [0, 0.05) is 21.2 Å². The van der Waals surface area contributed by atoms with E-state index in [2.05, 4.69) is 25.9 Å². The zero-order chi connectivity index (χ0) is 12.1. The maximum absolute atomic E-state index is 9.46. The average molecular weight is 288 g/mol. The molecule has 0 spiro atoms. The largest absolute Gasteiger partial charge is 0.369 e. The number of ether oxygens (including phenoxy) is 1. The Morgan fingerprint density at radius 3 is 2.81 bits per heavy atom. The van der Waals surface area contributed by atoms with Crippen LogP contribution >= 0.6 is 15.9 Å². The van der Waals surface area contributed by atoms with Crippen molar-refractivity contribution in [2.24, 2.45) is 4.99 Å². The normalized spacial score (nSPS) is 13.1. The van der Waals surface area contributed by atoms with E-state index in [1.807, 2.05) is 14.1 Å². The fraction of sp³-hybridized carbons (Fsp3) is 0.400. The van der Waals surface area contributed by atoms with E-state index in [1.165, 1.54) is 7.11 Å². The molecule has 0 aliphatic heterocycles. The molecule has 88 valence electrons. The first-order valence-corrected chi connectivity index (χ1v) is 5.42. The third kappa shape index (κ3) is 3.55. The molecule has 6 heteroatoms. The van der Waals surface area contributed by atoms with Gasteiger partial charge in [0.05, 0.1) is 16.5 Å². The van der Waals surface area contributed by atoms with Crippen molar-refractivity contribution >= 4 is 28.1 Å². The molecular formula is C10H14BrN3O2. The monoisotopic (exact) mass is 287 g/mol. The summed E-state index contributed by atoms with van der Waals surface area (Å²) in [6.45, 7) is 0. The van der Waals surface area contributed by atoms with Crippen molar-refractivity contribution in [3.8, 4) is 0 Å². The van der Waals surface area contributed by atoms with Crippen LogP contribution in [0.2, 0.25) is 0 Å². The molecule has 0 aliphatic carbocycles. The fourth-order valence-electron chi connectivity index (χ4n) is 0.965. The number of hydrogen-bond donors (Lipinski definition) is 1. The second-order valence-corrected chi connectivity index (χ2v) is 4.19. The van der Waals surface area contributed by atoms with Crippen LogP contribution in [0, 0.1) is 0 Å². The summed E-state index contributed by atoms with van der Waals surface area (Å²) in [6, 6.07) is 3.44. The summed E-state index contributed by atoms with van der Waals surface area (Å²) in [6.07, 6.45) is 0.609. The molecule has 0 radical (unpaired) electrons. The van der Waals surface area contributed by atoms with Gasteiger partial charge in [-0.25, -0.2) is 9.98 Å². The van der Waals surface area contributed by atoms with Gasteiger partial charge < -0.3 is 14.7 Å². The first-order chi connectivity index (χ1) is 7.54. The van der Waals surface area contributed by atoms with Crippen molar-refractivity contribution in [3.63, 3.8) is 0 Å². The molecule has 0 saturated heterocycles. The number of halogens is 1. The predicted molar refractivity (Wildman–Crippen MR) is 65.7 cm³/mol. The van der Waals surface area contributed by atoms with E-state index >= 15 is 0 Å². The molecule has 0 amide bonds. The molecule has 0 bridgehead atoms. The van der Waals surface area contributed by atoms with Gasteiger partial charge in [-0.3, -0.25) is 0 Å². The summed E-state index contributed by atoms with van der Waals surface area (Å²) in [4.78, 5) is 10.1. The SMILES string of the molecule is COC(O)c1ccc(Br)c(/N=C/N(C)C)n1. The van der Waals surface area contributed by atoms with Gasteiger partial charge in [0.1, 0.15) is 0 Å². The summed E-state index contributed by atoms with van der Waals surface area (Å²) >= 11 is 3.33. The molecule has 0 aromatic carbocycles. The molecule has 1 N–H and O–H groups in total. The second kappa shape index (κ2) is 5.93. The highest BCUT2D eigenvalue weighted by molar-refractivity contribution is 9.10. The van der Waals surface area contributed by atoms with Gasteiger partial charge in [0.2, 0.25) is 0 Å². The second-order valence-electron chi connectivity index (χ2n) is 3.34. The summed E-state index contributed by atoms with van der Waals surface area (Å²) in [5.74, 6) is 0.502. The van der Waals surface area contributed by atoms with Crippen LogP contribution < -0.4 is 0 Å². The van der Waals surface area contributed by atoms with E-state index in [4.69, 9.17) is 4.74 Å². The Bertz CT molecular complexity index is 382. The smallest absolute Gasteiger partial charge is 0.198 e. The molecule has 0 aliphatic rings. The molecule has 5 nitrogen and oxygen atoms in total. The lowest BCUT2D eigenvalue weighted by molar-refractivity contribution is -0.0798. The van der Waals surface area contributed by atoms with Crippen LogP contribution in [0.5, 0.6) is 0 Å². The Hall–Kier alpha value is -0.980. The van der Waals surface area contributed by atoms with E-state index in [0.29, 0.717) is 11.5 Å². The summed E-state index contributed by atoms with van der Waals surface area (Å²) in [5.41, 5.74) is 0.427. The maximum Gasteiger partial charge on any atom is 0.198 e. The molecule has 0 saturated carbocycles. The number of rotatable bonds is 4. The minimum absolute atomic E-state index is 0.427. The number of pyridine rings is 1. The standard InChI is InChI=1S/C10H14BrN3O2/c1-14(2)6-12-9-7(11)4-5-8(13-9)10(15)16-3/h4-6,10,15H,1-3H3/b12-6+. The number of hydrogen-bond acceptors (Lipinski definition) is 4. The highest BCUT2D eigenvalue weighted by atomic mass is 79.9. The number of nitrogens with zero attached hydrogens (tertiary/aromatic N) is 3. The molecule has 1 aromatic rings. The van der Waals surface area contributed by atoms with Gasteiger partial charge in [-0.2, -0.15) is 0 Å². The van der Waals surface area contributed by atoms with Crippen molar-refractivity contribution in [3.05, 3.63) is 22.3 Å². The number of aliphatic imine (C=N–C) groups is 1. The lowest BCUT2D eigenvalue weighted by Gasteiger charge is -2.09. The van der Waals surface area contributed by atoms with Crippen LogP contribution in [0.4, 0.5) is 5.82 Å². The summed E-state index contributed by atoms with van der Waals surface area (Å²) in [7, 11) is 5.15. The maximum atomic E-state index is 9.46. The average Bonchev–Trinajstić information content (AvgIpc) is 2.26. The quantitative estimate of drug-likeness (QED) is 0.520. The molecule has 0 fully saturated rings. The van der Waals surface area contributed by atoms with Crippen molar-refractivity contribution in [2.45, 2.75) is 6.29 Å². The summed E-state index contributed by atoms with van der Waals surface area (Å²) in [5, 5.41) is 9.46. The van der Waals surface area contributed by atoms with E-state index < -0.39 is 6.29 Å². The Balaban J connectivity index is 2.99. The van der Waals surface area contributed by atoms with Crippen LogP contribution in [0.15, 0.2) is 21.6 Å². The van der Waals surface area contributed by atoms with Gasteiger partial charge in [-0.05, 0) is 28.1 Å². The lowest BCUT2D eigenvalue weighted by atomic mass is 10.3. The fourth-order valence-corrected chi connectivity index (χ4v) is 1.29. The topological polar surface area (TPSA) is 58.0 Å². The number of aliphatic hydroxyl groups is 1. The van der Waals surface area contributed by atoms with Crippen molar-refractivity contribution in [1.29, 1.82) is 0 Å². The third-order valence-electron chi connectivity index (χ3n) is 1.74. The van der Waals surface area contributed by atoms with E-state index in [1.54, 1.807) is 23.4 Å². The van der Waals surface area contributed by atoms with Gasteiger partial charge in [-0.1, -0.05) is 0 Å². The van der Waals surface area contributed by atoms with Gasteiger partial charge in [0.15, 0.2) is 12.1 Å². The number of methoxy groups -OCH3 is 1. The molecule has 16 heavy (non-hydrogen) atoms. The number of aliphatic hydroxyl groups excluding tert-OH is 1. The van der Waals surface area contributed by atoms with Crippen LogP contribution in [-0.4, -0.2) is 42.5 Å². The Morgan fingerprint density at radius 2 is 2.25 bits per heavy atom. The minimum Gasteiger partial charge on any atom is -0.369 e. The first kappa shape index (κ1) is 13.1. The molecule has 1 atom stereocenters. The Labute approximate surface area is 103 Å². The first-order valence-electron chi connectivity index (χ1n) is 4.62. The Morgan fingerprint density at radius 1 is 1.56 bits per heavy atom. The van der Waals surface area contributed by atoms with Crippen LogP contribution in [0.25, 0.3) is 0 Å². The molecule has 1 rings (SSSR count). The lowest BCUT2D eigenvalue weighted by Crippen LogP contribution is -2.07. The van der Waals surface area contributed by atoms with Crippen molar-refractivity contribution < 1.29 is 9.84 Å². The molecular weight excluding hydrogens is 274 g/mol. The molecule has 1 heterocycles. The van der Waals surface area contributed by atoms with Gasteiger partial charge in [-0.15, -0.1) is 0 Å². The highest BCUT2D eigenvalue weighted by Gasteiger charge is 2.09. The zero-order valence-electron chi connectivity index (χ0n) is 9.38. The van der Waals surface area contributed by atoms with Crippen molar-refractivity contribution in [2.75, 3.05) is 21.2 Å². The Kier molecular flexibility index (Phi) is 4.85. The molecule has 1 unspecified atom stereocenters.